The molecule has 0 radical (unpaired) electrons. The smallest absolute Gasteiger partial charge is 0.326 e. The molecule has 20 heavy (non-hydrogen) atoms. The molecule has 0 saturated carbocycles. The Labute approximate surface area is 121 Å². The first-order chi connectivity index (χ1) is 9.44. The van der Waals surface area contributed by atoms with Gasteiger partial charge in [-0.3, -0.25) is 10.1 Å². The molecule has 0 saturated heterocycles. The van der Waals surface area contributed by atoms with Gasteiger partial charge in [-0.1, -0.05) is 30.3 Å². The predicted octanol–water partition coefficient (Wildman–Crippen LogP) is 2.48. The van der Waals surface area contributed by atoms with Crippen LogP contribution in [0.25, 0.3) is 0 Å². The van der Waals surface area contributed by atoms with Gasteiger partial charge in [0.25, 0.3) is 0 Å². The van der Waals surface area contributed by atoms with Crippen molar-refractivity contribution in [2.24, 2.45) is 0 Å². The van der Waals surface area contributed by atoms with E-state index in [2.05, 4.69) is 17.4 Å². The van der Waals surface area contributed by atoms with Gasteiger partial charge in [0.15, 0.2) is 0 Å². The van der Waals surface area contributed by atoms with E-state index in [4.69, 9.17) is 4.74 Å². The number of hydrogen-bond acceptors (Lipinski definition) is 3. The molecule has 112 valence electrons. The highest BCUT2D eigenvalue weighted by molar-refractivity contribution is 5.78. The highest BCUT2D eigenvalue weighted by Crippen LogP contribution is 2.08. The molecule has 1 unspecified atom stereocenters. The zero-order chi connectivity index (χ0) is 15.0. The number of aliphatic carboxylic acids is 1. The maximum Gasteiger partial charge on any atom is 0.326 e. The van der Waals surface area contributed by atoms with Crippen molar-refractivity contribution in [3.63, 3.8) is 0 Å². The summed E-state index contributed by atoms with van der Waals surface area (Å²) < 4.78 is 5.54. The van der Waals surface area contributed by atoms with Gasteiger partial charge >= 0.3 is 5.97 Å². The SMILES string of the molecule is CC(C)NC(C)(COCCCc1ccccc1)C(=O)O. The van der Waals surface area contributed by atoms with Crippen LogP contribution in [0, 0.1) is 0 Å². The molecule has 0 spiro atoms. The van der Waals surface area contributed by atoms with Crippen molar-refractivity contribution in [2.45, 2.75) is 45.2 Å². The van der Waals surface area contributed by atoms with E-state index in [1.54, 1.807) is 6.92 Å². The van der Waals surface area contributed by atoms with Crippen LogP contribution in [0.2, 0.25) is 0 Å². The Bertz CT molecular complexity index is 405. The standard InChI is InChI=1S/C16H25NO3/c1-13(2)17-16(3,15(18)19)12-20-11-7-10-14-8-5-4-6-9-14/h4-6,8-9,13,17H,7,10-12H2,1-3H3,(H,18,19). The summed E-state index contributed by atoms with van der Waals surface area (Å²) in [6.07, 6.45) is 1.84. The Hall–Kier alpha value is -1.39. The van der Waals surface area contributed by atoms with E-state index >= 15 is 0 Å². The summed E-state index contributed by atoms with van der Waals surface area (Å²) in [5.74, 6) is -0.880. The highest BCUT2D eigenvalue weighted by Gasteiger charge is 2.33. The number of benzene rings is 1. The van der Waals surface area contributed by atoms with E-state index in [-0.39, 0.29) is 12.6 Å². The average molecular weight is 279 g/mol. The molecule has 0 aromatic heterocycles. The van der Waals surface area contributed by atoms with Gasteiger partial charge in [-0.2, -0.15) is 0 Å². The quantitative estimate of drug-likeness (QED) is 0.682. The summed E-state index contributed by atoms with van der Waals surface area (Å²) in [6, 6.07) is 10.3. The van der Waals surface area contributed by atoms with Crippen molar-refractivity contribution < 1.29 is 14.6 Å². The molecule has 2 N–H and O–H groups in total. The van der Waals surface area contributed by atoms with Gasteiger partial charge in [0, 0.05) is 12.6 Å². The molecule has 4 nitrogen and oxygen atoms in total. The van der Waals surface area contributed by atoms with Crippen LogP contribution in [-0.2, 0) is 16.0 Å². The number of rotatable bonds is 9. The minimum absolute atomic E-state index is 0.101. The number of carboxylic acid groups (broad SMARTS) is 1. The van der Waals surface area contributed by atoms with E-state index in [0.29, 0.717) is 6.61 Å². The summed E-state index contributed by atoms with van der Waals surface area (Å²) in [4.78, 5) is 11.3. The maximum absolute atomic E-state index is 11.3. The third-order valence-electron chi connectivity index (χ3n) is 3.07. The van der Waals surface area contributed by atoms with Crippen molar-refractivity contribution in [1.29, 1.82) is 0 Å². The van der Waals surface area contributed by atoms with Crippen LogP contribution < -0.4 is 5.32 Å². The Morgan fingerprint density at radius 2 is 2.00 bits per heavy atom. The molecule has 0 aliphatic rings. The monoisotopic (exact) mass is 279 g/mol. The predicted molar refractivity (Wildman–Crippen MR) is 79.9 cm³/mol. The molecule has 0 amide bonds. The summed E-state index contributed by atoms with van der Waals surface area (Å²) in [7, 11) is 0. The molecule has 0 aliphatic carbocycles. The second kappa shape index (κ2) is 8.02. The number of aryl methyl sites for hydroxylation is 1. The van der Waals surface area contributed by atoms with Crippen molar-refractivity contribution >= 4 is 5.97 Å². The van der Waals surface area contributed by atoms with Crippen molar-refractivity contribution in [2.75, 3.05) is 13.2 Å². The van der Waals surface area contributed by atoms with Gasteiger partial charge in [0.05, 0.1) is 6.61 Å². The molecule has 0 fully saturated rings. The van der Waals surface area contributed by atoms with Gasteiger partial charge < -0.3 is 9.84 Å². The molecule has 1 aromatic rings. The second-order valence-corrected chi connectivity index (χ2v) is 5.58. The van der Waals surface area contributed by atoms with Gasteiger partial charge in [0.1, 0.15) is 5.54 Å². The number of carboxylic acids is 1. The summed E-state index contributed by atoms with van der Waals surface area (Å²) in [5, 5.41) is 12.3. The average Bonchev–Trinajstić information content (AvgIpc) is 2.38. The molecular formula is C16H25NO3. The lowest BCUT2D eigenvalue weighted by atomic mass is 10.0. The van der Waals surface area contributed by atoms with Crippen LogP contribution in [-0.4, -0.2) is 35.9 Å². The summed E-state index contributed by atoms with van der Waals surface area (Å²) in [5.41, 5.74) is 0.249. The largest absolute Gasteiger partial charge is 0.480 e. The molecule has 1 atom stereocenters. The number of carbonyl (C=O) groups is 1. The van der Waals surface area contributed by atoms with Gasteiger partial charge in [-0.05, 0) is 39.2 Å². The molecule has 0 heterocycles. The van der Waals surface area contributed by atoms with Crippen LogP contribution in [0.15, 0.2) is 30.3 Å². The fraction of sp³-hybridized carbons (Fsp3) is 0.562. The van der Waals surface area contributed by atoms with E-state index < -0.39 is 11.5 Å². The van der Waals surface area contributed by atoms with E-state index in [1.807, 2.05) is 32.0 Å². The molecule has 0 aliphatic heterocycles. The van der Waals surface area contributed by atoms with Crippen molar-refractivity contribution in [3.05, 3.63) is 35.9 Å². The third-order valence-corrected chi connectivity index (χ3v) is 3.07. The first-order valence-corrected chi connectivity index (χ1v) is 7.07. The molecule has 1 aromatic carbocycles. The van der Waals surface area contributed by atoms with Gasteiger partial charge in [0.2, 0.25) is 0 Å². The lowest BCUT2D eigenvalue weighted by Gasteiger charge is -2.28. The fourth-order valence-electron chi connectivity index (χ4n) is 2.10. The van der Waals surface area contributed by atoms with Crippen LogP contribution in [0.4, 0.5) is 0 Å². The minimum Gasteiger partial charge on any atom is -0.480 e. The van der Waals surface area contributed by atoms with Gasteiger partial charge in [-0.15, -0.1) is 0 Å². The molecule has 4 heteroatoms. The maximum atomic E-state index is 11.3. The van der Waals surface area contributed by atoms with Crippen molar-refractivity contribution in [1.82, 2.24) is 5.32 Å². The molecular weight excluding hydrogens is 254 g/mol. The Kier molecular flexibility index (Phi) is 6.68. The summed E-state index contributed by atoms with van der Waals surface area (Å²) >= 11 is 0. The van der Waals surface area contributed by atoms with Crippen LogP contribution >= 0.6 is 0 Å². The number of ether oxygens (including phenoxy) is 1. The van der Waals surface area contributed by atoms with E-state index in [1.165, 1.54) is 5.56 Å². The number of hydrogen-bond donors (Lipinski definition) is 2. The second-order valence-electron chi connectivity index (χ2n) is 5.58. The zero-order valence-corrected chi connectivity index (χ0v) is 12.6. The fourth-order valence-corrected chi connectivity index (χ4v) is 2.10. The number of nitrogens with one attached hydrogen (secondary N) is 1. The molecule has 1 rings (SSSR count). The van der Waals surface area contributed by atoms with Crippen molar-refractivity contribution in [3.8, 4) is 0 Å². The third kappa shape index (κ3) is 5.72. The lowest BCUT2D eigenvalue weighted by Crippen LogP contribution is -2.55. The van der Waals surface area contributed by atoms with E-state index in [9.17, 15) is 9.90 Å². The first kappa shape index (κ1) is 16.7. The molecule has 0 bridgehead atoms. The Balaban J connectivity index is 2.29. The highest BCUT2D eigenvalue weighted by atomic mass is 16.5. The van der Waals surface area contributed by atoms with Crippen LogP contribution in [0.5, 0.6) is 0 Å². The van der Waals surface area contributed by atoms with Gasteiger partial charge in [-0.25, -0.2) is 0 Å². The topological polar surface area (TPSA) is 58.6 Å². The summed E-state index contributed by atoms with van der Waals surface area (Å²) in [6.45, 7) is 6.26. The van der Waals surface area contributed by atoms with E-state index in [0.717, 1.165) is 12.8 Å². The first-order valence-electron chi connectivity index (χ1n) is 7.07. The Morgan fingerprint density at radius 1 is 1.35 bits per heavy atom. The lowest BCUT2D eigenvalue weighted by molar-refractivity contribution is -0.147. The van der Waals surface area contributed by atoms with Crippen LogP contribution in [0.3, 0.4) is 0 Å². The minimum atomic E-state index is -1.03. The zero-order valence-electron chi connectivity index (χ0n) is 12.6. The Morgan fingerprint density at radius 3 is 2.55 bits per heavy atom. The normalized spacial score (nSPS) is 14.2. The van der Waals surface area contributed by atoms with Crippen LogP contribution in [0.1, 0.15) is 32.8 Å².